The summed E-state index contributed by atoms with van der Waals surface area (Å²) >= 11 is 11.9. The molecular formula is C14H17Cl2N3O4. The third-order valence-electron chi connectivity index (χ3n) is 2.57. The van der Waals surface area contributed by atoms with E-state index >= 15 is 0 Å². The van der Waals surface area contributed by atoms with E-state index in [0.29, 0.717) is 15.7 Å². The Bertz CT molecular complexity index is 575. The van der Waals surface area contributed by atoms with Crippen LogP contribution in [0.5, 0.6) is 0 Å². The van der Waals surface area contributed by atoms with Crippen LogP contribution in [0, 0.1) is 0 Å². The van der Waals surface area contributed by atoms with Crippen LogP contribution in [0.15, 0.2) is 18.2 Å². The Morgan fingerprint density at radius 3 is 2.26 bits per heavy atom. The Labute approximate surface area is 143 Å². The number of carbonyl (C=O) groups excluding carboxylic acids is 3. The minimum Gasteiger partial charge on any atom is -0.450 e. The Morgan fingerprint density at radius 2 is 1.70 bits per heavy atom. The highest BCUT2D eigenvalue weighted by Crippen LogP contribution is 2.29. The first-order valence-corrected chi connectivity index (χ1v) is 7.48. The van der Waals surface area contributed by atoms with Crippen LogP contribution in [-0.4, -0.2) is 49.6 Å². The number of nitrogens with zero attached hydrogens (tertiary/aromatic N) is 1. The van der Waals surface area contributed by atoms with Gasteiger partial charge in [0.15, 0.2) is 0 Å². The second-order valence-electron chi connectivity index (χ2n) is 4.59. The van der Waals surface area contributed by atoms with Gasteiger partial charge in [-0.1, -0.05) is 29.3 Å². The zero-order valence-electron chi connectivity index (χ0n) is 12.7. The maximum atomic E-state index is 11.9. The highest BCUT2D eigenvalue weighted by atomic mass is 35.5. The smallest absolute Gasteiger partial charge is 0.413 e. The molecule has 0 radical (unpaired) electrons. The normalized spacial score (nSPS) is 10.3. The fourth-order valence-electron chi connectivity index (χ4n) is 1.66. The van der Waals surface area contributed by atoms with Crippen molar-refractivity contribution in [1.82, 2.24) is 10.2 Å². The Hall–Kier alpha value is -1.83. The van der Waals surface area contributed by atoms with E-state index < -0.39 is 17.9 Å². The van der Waals surface area contributed by atoms with Gasteiger partial charge in [0.25, 0.3) is 0 Å². The fourth-order valence-corrected chi connectivity index (χ4v) is 2.15. The first-order chi connectivity index (χ1) is 10.8. The summed E-state index contributed by atoms with van der Waals surface area (Å²) in [5.74, 6) is -0.971. The molecule has 0 heterocycles. The van der Waals surface area contributed by atoms with Crippen LogP contribution in [0.25, 0.3) is 0 Å². The first-order valence-electron chi connectivity index (χ1n) is 6.72. The molecule has 0 aliphatic heterocycles. The molecule has 9 heteroatoms. The average molecular weight is 362 g/mol. The molecule has 0 saturated carbocycles. The van der Waals surface area contributed by atoms with Gasteiger partial charge in [0, 0.05) is 0 Å². The molecule has 0 aliphatic rings. The number of halogens is 2. The lowest BCUT2D eigenvalue weighted by Gasteiger charge is -2.16. The van der Waals surface area contributed by atoms with Gasteiger partial charge < -0.3 is 10.1 Å². The highest BCUT2D eigenvalue weighted by Gasteiger charge is 2.15. The van der Waals surface area contributed by atoms with Crippen LogP contribution in [0.3, 0.4) is 0 Å². The van der Waals surface area contributed by atoms with Crippen LogP contribution in [0.2, 0.25) is 10.0 Å². The number of alkyl carbamates (subject to hydrolysis) is 1. The number of benzene rings is 1. The number of hydrogen-bond donors (Lipinski definition) is 2. The van der Waals surface area contributed by atoms with E-state index in [9.17, 15) is 14.4 Å². The van der Waals surface area contributed by atoms with E-state index in [1.807, 2.05) is 5.32 Å². The number of para-hydroxylation sites is 1. The van der Waals surface area contributed by atoms with Crippen molar-refractivity contribution in [3.05, 3.63) is 28.2 Å². The van der Waals surface area contributed by atoms with Crippen LogP contribution < -0.4 is 10.6 Å². The molecule has 1 aromatic rings. The molecule has 7 nitrogen and oxygen atoms in total. The van der Waals surface area contributed by atoms with Crippen molar-refractivity contribution in [3.8, 4) is 0 Å². The molecule has 0 spiro atoms. The van der Waals surface area contributed by atoms with E-state index in [-0.39, 0.29) is 19.7 Å². The van der Waals surface area contributed by atoms with E-state index in [2.05, 4.69) is 10.1 Å². The molecule has 0 bridgehead atoms. The van der Waals surface area contributed by atoms with Crippen molar-refractivity contribution >= 4 is 46.8 Å². The molecule has 1 aromatic carbocycles. The summed E-state index contributed by atoms with van der Waals surface area (Å²) in [6.07, 6.45) is -0.821. The lowest BCUT2D eigenvalue weighted by Crippen LogP contribution is -2.41. The fraction of sp³-hybridized carbons (Fsp3) is 0.357. The monoisotopic (exact) mass is 361 g/mol. The predicted octanol–water partition coefficient (Wildman–Crippen LogP) is 2.14. The number of anilines is 1. The predicted molar refractivity (Wildman–Crippen MR) is 87.8 cm³/mol. The Kier molecular flexibility index (Phi) is 7.80. The summed E-state index contributed by atoms with van der Waals surface area (Å²) < 4.78 is 4.58. The van der Waals surface area contributed by atoms with Gasteiger partial charge in [-0.2, -0.15) is 0 Å². The number of carbonyl (C=O) groups is 3. The molecule has 23 heavy (non-hydrogen) atoms. The summed E-state index contributed by atoms with van der Waals surface area (Å²) in [7, 11) is 1.55. The summed E-state index contributed by atoms with van der Waals surface area (Å²) in [4.78, 5) is 36.0. The van der Waals surface area contributed by atoms with E-state index in [1.54, 1.807) is 32.2 Å². The van der Waals surface area contributed by atoms with Crippen molar-refractivity contribution in [2.45, 2.75) is 6.92 Å². The largest absolute Gasteiger partial charge is 0.450 e. The number of ether oxygens (including phenoxy) is 1. The minimum atomic E-state index is -0.821. The minimum absolute atomic E-state index is 0.0855. The van der Waals surface area contributed by atoms with Crippen molar-refractivity contribution in [2.24, 2.45) is 0 Å². The van der Waals surface area contributed by atoms with Gasteiger partial charge in [-0.15, -0.1) is 0 Å². The van der Waals surface area contributed by atoms with E-state index in [4.69, 9.17) is 23.2 Å². The third kappa shape index (κ3) is 6.85. The Morgan fingerprint density at radius 1 is 1.13 bits per heavy atom. The lowest BCUT2D eigenvalue weighted by atomic mass is 10.3. The quantitative estimate of drug-likeness (QED) is 0.810. The van der Waals surface area contributed by atoms with Gasteiger partial charge >= 0.3 is 6.09 Å². The number of nitrogens with one attached hydrogen (secondary N) is 2. The molecule has 0 atom stereocenters. The lowest BCUT2D eigenvalue weighted by molar-refractivity contribution is -0.122. The molecular weight excluding hydrogens is 345 g/mol. The van der Waals surface area contributed by atoms with Crippen molar-refractivity contribution < 1.29 is 19.1 Å². The number of hydrogen-bond acceptors (Lipinski definition) is 5. The molecule has 0 aliphatic carbocycles. The van der Waals surface area contributed by atoms with Crippen LogP contribution in [-0.2, 0) is 14.3 Å². The summed E-state index contributed by atoms with van der Waals surface area (Å²) in [5.41, 5.74) is 0.310. The maximum absolute atomic E-state index is 11.9. The maximum Gasteiger partial charge on any atom is 0.413 e. The molecule has 2 N–H and O–H groups in total. The molecule has 3 amide bonds. The third-order valence-corrected chi connectivity index (χ3v) is 3.20. The molecule has 0 fully saturated rings. The van der Waals surface area contributed by atoms with Crippen LogP contribution in [0.4, 0.5) is 10.5 Å². The topological polar surface area (TPSA) is 87.7 Å². The van der Waals surface area contributed by atoms with Gasteiger partial charge in [-0.25, -0.2) is 4.79 Å². The van der Waals surface area contributed by atoms with Crippen molar-refractivity contribution in [2.75, 3.05) is 32.1 Å². The van der Waals surface area contributed by atoms with Gasteiger partial charge in [0.2, 0.25) is 11.8 Å². The van der Waals surface area contributed by atoms with Crippen molar-refractivity contribution in [3.63, 3.8) is 0 Å². The molecule has 0 aromatic heterocycles. The van der Waals surface area contributed by atoms with Gasteiger partial charge in [0.1, 0.15) is 0 Å². The zero-order valence-corrected chi connectivity index (χ0v) is 14.2. The zero-order chi connectivity index (χ0) is 17.4. The summed E-state index contributed by atoms with van der Waals surface area (Å²) in [6, 6.07) is 4.85. The van der Waals surface area contributed by atoms with Crippen LogP contribution in [0.1, 0.15) is 6.92 Å². The summed E-state index contributed by atoms with van der Waals surface area (Å²) in [5, 5.41) is 5.24. The number of likely N-dealkylation sites (N-methyl/N-ethyl adjacent to an activating group) is 1. The number of rotatable bonds is 6. The SMILES string of the molecule is CCOC(=O)NC(=O)CN(C)CC(=O)Nc1c(Cl)cccc1Cl. The molecule has 126 valence electrons. The second-order valence-corrected chi connectivity index (χ2v) is 5.40. The van der Waals surface area contributed by atoms with E-state index in [1.165, 1.54) is 4.90 Å². The standard InChI is InChI=1S/C14H17Cl2N3O4/c1-3-23-14(22)18-12(21)8-19(2)7-11(20)17-13-9(15)5-4-6-10(13)16/h4-6H,3,7-8H2,1-2H3,(H,17,20)(H,18,21,22). The first kappa shape index (κ1) is 19.2. The number of imide groups is 1. The van der Waals surface area contributed by atoms with Gasteiger partial charge in [0.05, 0.1) is 35.4 Å². The van der Waals surface area contributed by atoms with Crippen molar-refractivity contribution in [1.29, 1.82) is 0 Å². The number of amides is 3. The van der Waals surface area contributed by atoms with Gasteiger partial charge in [-0.3, -0.25) is 19.8 Å². The molecule has 0 saturated heterocycles. The summed E-state index contributed by atoms with van der Waals surface area (Å²) in [6.45, 7) is 1.55. The van der Waals surface area contributed by atoms with Crippen LogP contribution >= 0.6 is 23.2 Å². The highest BCUT2D eigenvalue weighted by molar-refractivity contribution is 6.39. The average Bonchev–Trinajstić information content (AvgIpc) is 2.42. The molecule has 1 rings (SSSR count). The van der Waals surface area contributed by atoms with Gasteiger partial charge in [-0.05, 0) is 26.1 Å². The Balaban J connectivity index is 2.48. The van der Waals surface area contributed by atoms with E-state index in [0.717, 1.165) is 0 Å². The molecule has 0 unspecified atom stereocenters. The second kappa shape index (κ2) is 9.34.